The minimum absolute atomic E-state index is 0.174. The van der Waals surface area contributed by atoms with Crippen molar-refractivity contribution < 1.29 is 4.39 Å². The maximum absolute atomic E-state index is 13.8. The van der Waals surface area contributed by atoms with Crippen LogP contribution >= 0.6 is 24.0 Å². The Labute approximate surface area is 117 Å². The van der Waals surface area contributed by atoms with Crippen LogP contribution in [0.15, 0.2) is 18.2 Å². The molecule has 0 bridgehead atoms. The second kappa shape index (κ2) is 6.50. The quantitative estimate of drug-likeness (QED) is 0.863. The molecule has 0 aromatic heterocycles. The first kappa shape index (κ1) is 13.8. The summed E-state index contributed by atoms with van der Waals surface area (Å²) in [5, 5.41) is 0. The van der Waals surface area contributed by atoms with E-state index in [9.17, 15) is 4.39 Å². The number of hydrogen-bond acceptors (Lipinski definition) is 3. The number of benzene rings is 1. The highest BCUT2D eigenvalue weighted by atomic mass is 32.2. The lowest BCUT2D eigenvalue weighted by atomic mass is 10.1. The van der Waals surface area contributed by atoms with E-state index in [4.69, 9.17) is 18.0 Å². The molecule has 18 heavy (non-hydrogen) atoms. The molecule has 5 heteroatoms. The third-order valence-electron chi connectivity index (χ3n) is 3.04. The van der Waals surface area contributed by atoms with E-state index < -0.39 is 0 Å². The fourth-order valence-electron chi connectivity index (χ4n) is 2.05. The molecule has 98 valence electrons. The van der Waals surface area contributed by atoms with Crippen molar-refractivity contribution in [3.05, 3.63) is 35.1 Å². The molecule has 2 rings (SSSR count). The molecule has 0 aliphatic carbocycles. The van der Waals surface area contributed by atoms with Gasteiger partial charge in [-0.1, -0.05) is 12.2 Å². The van der Waals surface area contributed by atoms with Gasteiger partial charge in [0.25, 0.3) is 0 Å². The molecule has 0 radical (unpaired) electrons. The topological polar surface area (TPSA) is 29.3 Å². The second-order valence-corrected chi connectivity index (χ2v) is 6.08. The van der Waals surface area contributed by atoms with Crippen molar-refractivity contribution in [3.63, 3.8) is 0 Å². The number of thiocarbonyl (C=S) groups is 1. The number of thioether (sulfide) groups is 1. The van der Waals surface area contributed by atoms with Crippen LogP contribution in [0, 0.1) is 5.82 Å². The zero-order chi connectivity index (χ0) is 13.0. The minimum Gasteiger partial charge on any atom is -0.389 e. The average Bonchev–Trinajstić information content (AvgIpc) is 2.60. The van der Waals surface area contributed by atoms with Crippen molar-refractivity contribution >= 4 is 29.0 Å². The standard InChI is InChI=1S/C13H17FN2S2/c14-12-3-2-10(13(15)17)8-11(12)9-16-4-1-6-18-7-5-16/h2-3,8H,1,4-7,9H2,(H2,15,17). The van der Waals surface area contributed by atoms with Crippen LogP contribution in [0.1, 0.15) is 17.5 Å². The molecule has 1 heterocycles. The highest BCUT2D eigenvalue weighted by molar-refractivity contribution is 7.99. The van der Waals surface area contributed by atoms with Gasteiger partial charge in [0.15, 0.2) is 0 Å². The van der Waals surface area contributed by atoms with E-state index in [2.05, 4.69) is 4.90 Å². The largest absolute Gasteiger partial charge is 0.389 e. The van der Waals surface area contributed by atoms with Crippen molar-refractivity contribution in [2.75, 3.05) is 24.6 Å². The molecule has 1 aliphatic heterocycles. The van der Waals surface area contributed by atoms with Gasteiger partial charge in [-0.3, -0.25) is 4.90 Å². The monoisotopic (exact) mass is 284 g/mol. The van der Waals surface area contributed by atoms with Crippen LogP contribution in [-0.2, 0) is 6.54 Å². The molecule has 2 N–H and O–H groups in total. The Morgan fingerprint density at radius 2 is 2.22 bits per heavy atom. The first-order valence-corrected chi connectivity index (χ1v) is 7.61. The minimum atomic E-state index is -0.174. The summed E-state index contributed by atoms with van der Waals surface area (Å²) in [5.41, 5.74) is 7.01. The molecule has 1 fully saturated rings. The zero-order valence-electron chi connectivity index (χ0n) is 10.2. The van der Waals surface area contributed by atoms with E-state index in [0.717, 1.165) is 24.4 Å². The first-order chi connectivity index (χ1) is 8.66. The number of halogens is 1. The molecule has 1 aromatic carbocycles. The van der Waals surface area contributed by atoms with Gasteiger partial charge in [0, 0.05) is 30.0 Å². The van der Waals surface area contributed by atoms with Crippen molar-refractivity contribution in [3.8, 4) is 0 Å². The van der Waals surface area contributed by atoms with E-state index in [-0.39, 0.29) is 5.82 Å². The normalized spacial score (nSPS) is 17.4. The van der Waals surface area contributed by atoms with Gasteiger partial charge in [0.1, 0.15) is 10.8 Å². The second-order valence-electron chi connectivity index (χ2n) is 4.41. The van der Waals surface area contributed by atoms with Gasteiger partial charge in [-0.15, -0.1) is 0 Å². The zero-order valence-corrected chi connectivity index (χ0v) is 11.8. The third-order valence-corrected chi connectivity index (χ3v) is 4.32. The third kappa shape index (κ3) is 3.67. The summed E-state index contributed by atoms with van der Waals surface area (Å²) < 4.78 is 13.8. The van der Waals surface area contributed by atoms with E-state index >= 15 is 0 Å². The summed E-state index contributed by atoms with van der Waals surface area (Å²) >= 11 is 6.90. The van der Waals surface area contributed by atoms with Gasteiger partial charge >= 0.3 is 0 Å². The lowest BCUT2D eigenvalue weighted by molar-refractivity contribution is 0.283. The van der Waals surface area contributed by atoms with Crippen molar-refractivity contribution in [1.29, 1.82) is 0 Å². The highest BCUT2D eigenvalue weighted by Gasteiger charge is 2.13. The summed E-state index contributed by atoms with van der Waals surface area (Å²) in [7, 11) is 0. The molecule has 1 saturated heterocycles. The van der Waals surface area contributed by atoms with Gasteiger partial charge in [-0.2, -0.15) is 11.8 Å². The molecule has 0 atom stereocenters. The summed E-state index contributed by atoms with van der Waals surface area (Å²) in [6, 6.07) is 4.87. The predicted molar refractivity (Wildman–Crippen MR) is 79.5 cm³/mol. The van der Waals surface area contributed by atoms with Gasteiger partial charge in [0.05, 0.1) is 0 Å². The van der Waals surface area contributed by atoms with Crippen LogP contribution < -0.4 is 5.73 Å². The highest BCUT2D eigenvalue weighted by Crippen LogP contribution is 2.16. The van der Waals surface area contributed by atoms with Crippen molar-refractivity contribution in [1.82, 2.24) is 4.90 Å². The smallest absolute Gasteiger partial charge is 0.127 e. The summed E-state index contributed by atoms with van der Waals surface area (Å²) in [6.45, 7) is 2.69. The van der Waals surface area contributed by atoms with E-state index in [0.29, 0.717) is 17.1 Å². The predicted octanol–water partition coefficient (Wildman–Crippen LogP) is 2.40. The molecule has 2 nitrogen and oxygen atoms in total. The van der Waals surface area contributed by atoms with Crippen LogP contribution in [0.5, 0.6) is 0 Å². The SMILES string of the molecule is NC(=S)c1ccc(F)c(CN2CCCSCC2)c1. The Morgan fingerprint density at radius 3 is 3.00 bits per heavy atom. The van der Waals surface area contributed by atoms with Crippen molar-refractivity contribution in [2.45, 2.75) is 13.0 Å². The van der Waals surface area contributed by atoms with E-state index in [1.54, 1.807) is 12.1 Å². The number of nitrogens with two attached hydrogens (primary N) is 1. The Balaban J connectivity index is 2.11. The summed E-state index contributed by atoms with van der Waals surface area (Å²) in [6.07, 6.45) is 1.17. The molecule has 0 unspecified atom stereocenters. The van der Waals surface area contributed by atoms with Crippen LogP contribution in [0.3, 0.4) is 0 Å². The maximum Gasteiger partial charge on any atom is 0.127 e. The van der Waals surface area contributed by atoms with Crippen LogP contribution in [0.2, 0.25) is 0 Å². The first-order valence-electron chi connectivity index (χ1n) is 6.05. The van der Waals surface area contributed by atoms with Crippen LogP contribution in [-0.4, -0.2) is 34.5 Å². The Hall–Kier alpha value is -0.650. The Bertz CT molecular complexity index is 429. The Kier molecular flexibility index (Phi) is 4.97. The summed E-state index contributed by atoms with van der Waals surface area (Å²) in [5.74, 6) is 2.15. The molecule has 1 aliphatic rings. The fourth-order valence-corrected chi connectivity index (χ4v) is 3.10. The number of nitrogens with zero attached hydrogens (tertiary/aromatic N) is 1. The lowest BCUT2D eigenvalue weighted by Gasteiger charge is -2.20. The van der Waals surface area contributed by atoms with E-state index in [1.807, 2.05) is 11.8 Å². The molecule has 0 spiro atoms. The van der Waals surface area contributed by atoms with Gasteiger partial charge in [-0.05, 0) is 36.9 Å². The Morgan fingerprint density at radius 1 is 1.39 bits per heavy atom. The van der Waals surface area contributed by atoms with Crippen molar-refractivity contribution in [2.24, 2.45) is 5.73 Å². The molecular weight excluding hydrogens is 267 g/mol. The van der Waals surface area contributed by atoms with Gasteiger partial charge in [-0.25, -0.2) is 4.39 Å². The van der Waals surface area contributed by atoms with E-state index in [1.165, 1.54) is 18.2 Å². The average molecular weight is 284 g/mol. The lowest BCUT2D eigenvalue weighted by Crippen LogP contribution is -2.26. The molecule has 1 aromatic rings. The van der Waals surface area contributed by atoms with Crippen LogP contribution in [0.4, 0.5) is 4.39 Å². The number of rotatable bonds is 3. The molecule has 0 amide bonds. The van der Waals surface area contributed by atoms with Crippen LogP contribution in [0.25, 0.3) is 0 Å². The fraction of sp³-hybridized carbons (Fsp3) is 0.462. The maximum atomic E-state index is 13.8. The molecular formula is C13H17FN2S2. The summed E-state index contributed by atoms with van der Waals surface area (Å²) in [4.78, 5) is 2.62. The molecule has 0 saturated carbocycles. The number of hydrogen-bond donors (Lipinski definition) is 1. The van der Waals surface area contributed by atoms with Gasteiger partial charge in [0.2, 0.25) is 0 Å². The van der Waals surface area contributed by atoms with Gasteiger partial charge < -0.3 is 5.73 Å².